The fraction of sp³-hybridized carbons (Fsp3) is 0.294. The fourth-order valence-electron chi connectivity index (χ4n) is 2.11. The van der Waals surface area contributed by atoms with Gasteiger partial charge in [-0.2, -0.15) is 0 Å². The number of nitrogens with one attached hydrogen (secondary N) is 1. The molecule has 0 aliphatic rings. The number of halogens is 2. The first-order chi connectivity index (χ1) is 10.0. The van der Waals surface area contributed by atoms with Gasteiger partial charge in [-0.1, -0.05) is 30.7 Å². The first-order valence-electron chi connectivity index (χ1n) is 6.98. The minimum atomic E-state index is -0.281. The van der Waals surface area contributed by atoms with Crippen molar-refractivity contribution in [1.82, 2.24) is 5.32 Å². The average molecular weight is 308 g/mol. The summed E-state index contributed by atoms with van der Waals surface area (Å²) < 4.78 is 19.1. The molecule has 4 heteroatoms. The lowest BCUT2D eigenvalue weighted by molar-refractivity contribution is 0.475. The van der Waals surface area contributed by atoms with Crippen molar-refractivity contribution in [2.45, 2.75) is 26.8 Å². The van der Waals surface area contributed by atoms with E-state index in [0.29, 0.717) is 22.1 Å². The smallest absolute Gasteiger partial charge is 0.130 e. The number of rotatable bonds is 5. The fourth-order valence-corrected chi connectivity index (χ4v) is 2.45. The SMILES string of the molecule is CCNC(C)c1ccc(Oc2ccc(C)c(F)c2)cc1Cl. The van der Waals surface area contributed by atoms with E-state index < -0.39 is 0 Å². The molecule has 0 bridgehead atoms. The molecule has 0 aromatic heterocycles. The maximum atomic E-state index is 13.5. The van der Waals surface area contributed by atoms with E-state index in [1.54, 1.807) is 25.1 Å². The van der Waals surface area contributed by atoms with Crippen LogP contribution in [0.5, 0.6) is 11.5 Å². The predicted molar refractivity (Wildman–Crippen MR) is 84.8 cm³/mol. The molecule has 0 aliphatic carbocycles. The molecular weight excluding hydrogens is 289 g/mol. The van der Waals surface area contributed by atoms with E-state index in [2.05, 4.69) is 12.2 Å². The molecule has 0 spiro atoms. The van der Waals surface area contributed by atoms with Gasteiger partial charge in [0.2, 0.25) is 0 Å². The highest BCUT2D eigenvalue weighted by atomic mass is 35.5. The molecule has 2 aromatic rings. The molecule has 2 aromatic carbocycles. The Balaban J connectivity index is 2.18. The van der Waals surface area contributed by atoms with Crippen LogP contribution in [0.4, 0.5) is 4.39 Å². The topological polar surface area (TPSA) is 21.3 Å². The zero-order chi connectivity index (χ0) is 15.4. The molecule has 2 nitrogen and oxygen atoms in total. The largest absolute Gasteiger partial charge is 0.457 e. The summed E-state index contributed by atoms with van der Waals surface area (Å²) in [5.74, 6) is 0.772. The second-order valence-corrected chi connectivity index (χ2v) is 5.38. The van der Waals surface area contributed by atoms with E-state index in [-0.39, 0.29) is 11.9 Å². The van der Waals surface area contributed by atoms with Crippen LogP contribution in [0.2, 0.25) is 5.02 Å². The first-order valence-corrected chi connectivity index (χ1v) is 7.36. The van der Waals surface area contributed by atoms with Gasteiger partial charge in [-0.3, -0.25) is 0 Å². The Morgan fingerprint density at radius 1 is 1.19 bits per heavy atom. The van der Waals surface area contributed by atoms with Crippen LogP contribution < -0.4 is 10.1 Å². The summed E-state index contributed by atoms with van der Waals surface area (Å²) in [7, 11) is 0. The summed E-state index contributed by atoms with van der Waals surface area (Å²) in [6.45, 7) is 6.69. The van der Waals surface area contributed by atoms with Crippen molar-refractivity contribution in [2.24, 2.45) is 0 Å². The number of hydrogen-bond acceptors (Lipinski definition) is 2. The van der Waals surface area contributed by atoms with Gasteiger partial charge < -0.3 is 10.1 Å². The quantitative estimate of drug-likeness (QED) is 0.814. The van der Waals surface area contributed by atoms with Crippen LogP contribution in [-0.4, -0.2) is 6.54 Å². The van der Waals surface area contributed by atoms with E-state index in [9.17, 15) is 4.39 Å². The van der Waals surface area contributed by atoms with Crippen molar-refractivity contribution in [3.8, 4) is 11.5 Å². The van der Waals surface area contributed by atoms with Gasteiger partial charge in [-0.05, 0) is 49.7 Å². The normalized spacial score (nSPS) is 12.2. The minimum absolute atomic E-state index is 0.174. The van der Waals surface area contributed by atoms with E-state index >= 15 is 0 Å². The lowest BCUT2D eigenvalue weighted by Gasteiger charge is -2.15. The molecule has 112 valence electrons. The molecule has 1 N–H and O–H groups in total. The zero-order valence-electron chi connectivity index (χ0n) is 12.4. The molecule has 1 unspecified atom stereocenters. The Morgan fingerprint density at radius 2 is 1.86 bits per heavy atom. The second-order valence-electron chi connectivity index (χ2n) is 4.98. The number of ether oxygens (including phenoxy) is 1. The van der Waals surface area contributed by atoms with Gasteiger partial charge in [0, 0.05) is 17.1 Å². The molecule has 2 rings (SSSR count). The Kier molecular flexibility index (Phi) is 5.21. The van der Waals surface area contributed by atoms with Crippen molar-refractivity contribution in [2.75, 3.05) is 6.54 Å². The number of aryl methyl sites for hydroxylation is 1. The van der Waals surface area contributed by atoms with Gasteiger partial charge in [0.15, 0.2) is 0 Å². The van der Waals surface area contributed by atoms with Crippen LogP contribution in [0, 0.1) is 12.7 Å². The van der Waals surface area contributed by atoms with E-state index in [0.717, 1.165) is 12.1 Å². The van der Waals surface area contributed by atoms with Crippen LogP contribution in [-0.2, 0) is 0 Å². The van der Waals surface area contributed by atoms with Gasteiger partial charge in [0.05, 0.1) is 0 Å². The van der Waals surface area contributed by atoms with Crippen LogP contribution in [0.1, 0.15) is 31.0 Å². The highest BCUT2D eigenvalue weighted by Crippen LogP contribution is 2.30. The van der Waals surface area contributed by atoms with Gasteiger partial charge in [0.25, 0.3) is 0 Å². The lowest BCUT2D eigenvalue weighted by atomic mass is 10.1. The summed E-state index contributed by atoms with van der Waals surface area (Å²) in [6, 6.07) is 10.5. The molecule has 0 heterocycles. The molecule has 21 heavy (non-hydrogen) atoms. The highest BCUT2D eigenvalue weighted by Gasteiger charge is 2.10. The zero-order valence-corrected chi connectivity index (χ0v) is 13.2. The third kappa shape index (κ3) is 3.96. The third-order valence-corrected chi connectivity index (χ3v) is 3.66. The summed E-state index contributed by atoms with van der Waals surface area (Å²) in [6.07, 6.45) is 0. The third-order valence-electron chi connectivity index (χ3n) is 3.33. The predicted octanol–water partition coefficient (Wildman–Crippen LogP) is 5.25. The molecule has 0 amide bonds. The Hall–Kier alpha value is -1.58. The molecule has 0 saturated carbocycles. The monoisotopic (exact) mass is 307 g/mol. The maximum Gasteiger partial charge on any atom is 0.130 e. The Morgan fingerprint density at radius 3 is 2.48 bits per heavy atom. The molecule has 0 aliphatic heterocycles. The van der Waals surface area contributed by atoms with Crippen molar-refractivity contribution >= 4 is 11.6 Å². The van der Waals surface area contributed by atoms with Crippen LogP contribution in [0.3, 0.4) is 0 Å². The lowest BCUT2D eigenvalue weighted by Crippen LogP contribution is -2.17. The van der Waals surface area contributed by atoms with E-state index in [4.69, 9.17) is 16.3 Å². The summed E-state index contributed by atoms with van der Waals surface area (Å²) in [5, 5.41) is 3.94. The van der Waals surface area contributed by atoms with Gasteiger partial charge >= 0.3 is 0 Å². The van der Waals surface area contributed by atoms with Crippen molar-refractivity contribution < 1.29 is 9.13 Å². The van der Waals surface area contributed by atoms with E-state index in [1.807, 2.05) is 19.1 Å². The molecule has 0 fully saturated rings. The van der Waals surface area contributed by atoms with Gasteiger partial charge in [-0.25, -0.2) is 4.39 Å². The average Bonchev–Trinajstić information content (AvgIpc) is 2.43. The van der Waals surface area contributed by atoms with Crippen LogP contribution >= 0.6 is 11.6 Å². The number of benzene rings is 2. The highest BCUT2D eigenvalue weighted by molar-refractivity contribution is 6.31. The van der Waals surface area contributed by atoms with Crippen LogP contribution in [0.15, 0.2) is 36.4 Å². The van der Waals surface area contributed by atoms with Crippen molar-refractivity contribution in [3.05, 3.63) is 58.4 Å². The maximum absolute atomic E-state index is 13.5. The molecule has 0 saturated heterocycles. The van der Waals surface area contributed by atoms with Gasteiger partial charge in [0.1, 0.15) is 17.3 Å². The molecule has 1 atom stereocenters. The van der Waals surface area contributed by atoms with Crippen molar-refractivity contribution in [3.63, 3.8) is 0 Å². The molecule has 0 radical (unpaired) electrons. The first kappa shape index (κ1) is 15.8. The second kappa shape index (κ2) is 6.92. The van der Waals surface area contributed by atoms with Gasteiger partial charge in [-0.15, -0.1) is 0 Å². The summed E-state index contributed by atoms with van der Waals surface area (Å²) in [5.41, 5.74) is 1.61. The summed E-state index contributed by atoms with van der Waals surface area (Å²) in [4.78, 5) is 0. The molecular formula is C17H19ClFNO. The standard InChI is InChI=1S/C17H19ClFNO/c1-4-20-12(3)15-8-7-13(9-16(15)18)21-14-6-5-11(2)17(19)10-14/h5-10,12,20H,4H2,1-3H3. The minimum Gasteiger partial charge on any atom is -0.457 e. The Labute approximate surface area is 129 Å². The van der Waals surface area contributed by atoms with E-state index in [1.165, 1.54) is 6.07 Å². The summed E-state index contributed by atoms with van der Waals surface area (Å²) >= 11 is 6.29. The van der Waals surface area contributed by atoms with Crippen molar-refractivity contribution in [1.29, 1.82) is 0 Å². The number of hydrogen-bond donors (Lipinski definition) is 1. The Bertz CT molecular complexity index is 630. The van der Waals surface area contributed by atoms with Crippen LogP contribution in [0.25, 0.3) is 0 Å².